The van der Waals surface area contributed by atoms with Crippen molar-refractivity contribution < 1.29 is 14.4 Å². The second-order valence-corrected chi connectivity index (χ2v) is 5.56. The van der Waals surface area contributed by atoms with Gasteiger partial charge in [0.15, 0.2) is 0 Å². The molecule has 0 saturated carbocycles. The molecule has 0 unspecified atom stereocenters. The zero-order valence-electron chi connectivity index (χ0n) is 13.8. The van der Waals surface area contributed by atoms with Crippen LogP contribution in [0.1, 0.15) is 24.5 Å². The van der Waals surface area contributed by atoms with Gasteiger partial charge in [0.25, 0.3) is 5.91 Å². The molecule has 24 heavy (non-hydrogen) atoms. The van der Waals surface area contributed by atoms with Crippen LogP contribution < -0.4 is 10.1 Å². The second-order valence-electron chi connectivity index (χ2n) is 5.56. The molecule has 0 spiro atoms. The molecule has 1 aliphatic rings. The summed E-state index contributed by atoms with van der Waals surface area (Å²) in [4.78, 5) is 17.8. The highest BCUT2D eigenvalue weighted by Crippen LogP contribution is 2.21. The third kappa shape index (κ3) is 3.40. The highest BCUT2D eigenvalue weighted by atomic mass is 16.6. The number of ether oxygens (including phenoxy) is 1. The van der Waals surface area contributed by atoms with E-state index in [1.54, 1.807) is 7.11 Å². The second kappa shape index (κ2) is 7.17. The summed E-state index contributed by atoms with van der Waals surface area (Å²) in [6, 6.07) is 15.3. The summed E-state index contributed by atoms with van der Waals surface area (Å²) in [6.07, 6.45) is 0.703. The minimum absolute atomic E-state index is 0.178. The van der Waals surface area contributed by atoms with E-state index >= 15 is 0 Å². The third-order valence-electron chi connectivity index (χ3n) is 4.04. The average molecular weight is 324 g/mol. The van der Waals surface area contributed by atoms with Crippen LogP contribution in [0.3, 0.4) is 0 Å². The van der Waals surface area contributed by atoms with Gasteiger partial charge < -0.3 is 14.9 Å². The van der Waals surface area contributed by atoms with E-state index in [2.05, 4.69) is 17.4 Å². The number of nitrogens with zero attached hydrogens (tertiary/aromatic N) is 1. The largest absolute Gasteiger partial charge is 0.497 e. The lowest BCUT2D eigenvalue weighted by Crippen LogP contribution is -2.28. The van der Waals surface area contributed by atoms with Gasteiger partial charge in [-0.15, -0.1) is 0 Å². The number of para-hydroxylation sites is 1. The number of benzene rings is 2. The van der Waals surface area contributed by atoms with E-state index in [-0.39, 0.29) is 5.91 Å². The van der Waals surface area contributed by atoms with E-state index in [9.17, 15) is 4.79 Å². The molecule has 5 heteroatoms. The van der Waals surface area contributed by atoms with Crippen LogP contribution in [0.2, 0.25) is 0 Å². The van der Waals surface area contributed by atoms with Crippen molar-refractivity contribution in [1.82, 2.24) is 0 Å². The normalized spacial score (nSPS) is 16.2. The summed E-state index contributed by atoms with van der Waals surface area (Å²) in [7, 11) is 1.62. The van der Waals surface area contributed by atoms with E-state index in [1.807, 2.05) is 48.5 Å². The first-order valence-corrected chi connectivity index (χ1v) is 7.97. The van der Waals surface area contributed by atoms with Crippen molar-refractivity contribution >= 4 is 17.3 Å². The maximum absolute atomic E-state index is 12.4. The lowest BCUT2D eigenvalue weighted by Gasteiger charge is -2.12. The smallest absolute Gasteiger partial charge is 0.268 e. The van der Waals surface area contributed by atoms with Crippen LogP contribution in [0.4, 0.5) is 5.69 Å². The van der Waals surface area contributed by atoms with Gasteiger partial charge in [-0.3, -0.25) is 4.79 Å². The molecule has 0 bridgehead atoms. The standard InChI is InChI=1S/C19H20N2O3/c1-3-13-6-4-5-7-16(13)20-19(22)18-12-17(21-24-18)14-8-10-15(23-2)11-9-14/h4-11,18H,3,12H2,1-2H3,(H,20,22)/t18-/m1/s1. The highest BCUT2D eigenvalue weighted by molar-refractivity contribution is 6.06. The van der Waals surface area contributed by atoms with Gasteiger partial charge in [0.1, 0.15) is 5.75 Å². The van der Waals surface area contributed by atoms with Gasteiger partial charge in [-0.05, 0) is 47.9 Å². The summed E-state index contributed by atoms with van der Waals surface area (Å²) in [5.74, 6) is 0.604. The van der Waals surface area contributed by atoms with E-state index in [1.165, 1.54) is 0 Å². The molecule has 1 heterocycles. The SMILES string of the molecule is CCc1ccccc1NC(=O)[C@H]1CC(c2ccc(OC)cc2)=NO1. The number of methoxy groups -OCH3 is 1. The lowest BCUT2D eigenvalue weighted by molar-refractivity contribution is -0.125. The van der Waals surface area contributed by atoms with Crippen LogP contribution in [-0.4, -0.2) is 24.8 Å². The molecule has 5 nitrogen and oxygen atoms in total. The zero-order chi connectivity index (χ0) is 16.9. The summed E-state index contributed by atoms with van der Waals surface area (Å²) < 4.78 is 5.14. The Morgan fingerprint density at radius 2 is 2.00 bits per heavy atom. The number of rotatable bonds is 5. The number of hydrogen-bond donors (Lipinski definition) is 1. The number of amides is 1. The van der Waals surface area contributed by atoms with Gasteiger partial charge in [-0.2, -0.15) is 0 Å². The van der Waals surface area contributed by atoms with Crippen LogP contribution >= 0.6 is 0 Å². The molecular weight excluding hydrogens is 304 g/mol. The molecule has 2 aromatic rings. The predicted molar refractivity (Wildman–Crippen MR) is 93.5 cm³/mol. The van der Waals surface area contributed by atoms with Crippen LogP contribution in [0, 0.1) is 0 Å². The first kappa shape index (κ1) is 16.1. The van der Waals surface area contributed by atoms with Crippen molar-refractivity contribution in [2.24, 2.45) is 5.16 Å². The molecule has 3 rings (SSSR count). The van der Waals surface area contributed by atoms with E-state index in [4.69, 9.17) is 9.57 Å². The zero-order valence-corrected chi connectivity index (χ0v) is 13.8. The van der Waals surface area contributed by atoms with Crippen LogP contribution in [0.25, 0.3) is 0 Å². The van der Waals surface area contributed by atoms with E-state index in [0.717, 1.165) is 34.7 Å². The predicted octanol–water partition coefficient (Wildman–Crippen LogP) is 3.39. The molecule has 0 saturated heterocycles. The fourth-order valence-electron chi connectivity index (χ4n) is 2.64. The third-order valence-corrected chi connectivity index (χ3v) is 4.04. The van der Waals surface area contributed by atoms with Crippen molar-refractivity contribution in [3.05, 3.63) is 59.7 Å². The van der Waals surface area contributed by atoms with Crippen molar-refractivity contribution in [2.45, 2.75) is 25.9 Å². The Morgan fingerprint density at radius 1 is 1.25 bits per heavy atom. The Labute approximate surface area is 141 Å². The number of aryl methyl sites for hydroxylation is 1. The summed E-state index contributed by atoms with van der Waals surface area (Å²) in [5.41, 5.74) is 3.62. The number of carbonyl (C=O) groups excluding carboxylic acids is 1. The monoisotopic (exact) mass is 324 g/mol. The summed E-state index contributed by atoms with van der Waals surface area (Å²) >= 11 is 0. The van der Waals surface area contributed by atoms with E-state index in [0.29, 0.717) is 6.42 Å². The molecule has 2 aromatic carbocycles. The molecule has 0 aromatic heterocycles. The molecule has 1 atom stereocenters. The van der Waals surface area contributed by atoms with Gasteiger partial charge in [-0.1, -0.05) is 30.3 Å². The van der Waals surface area contributed by atoms with Crippen LogP contribution in [0.15, 0.2) is 53.7 Å². The van der Waals surface area contributed by atoms with Gasteiger partial charge >= 0.3 is 0 Å². The fraction of sp³-hybridized carbons (Fsp3) is 0.263. The molecule has 0 aliphatic carbocycles. The minimum Gasteiger partial charge on any atom is -0.497 e. The van der Waals surface area contributed by atoms with Gasteiger partial charge in [0, 0.05) is 12.1 Å². The molecule has 1 amide bonds. The quantitative estimate of drug-likeness (QED) is 0.917. The molecule has 0 radical (unpaired) electrons. The first-order chi connectivity index (χ1) is 11.7. The number of anilines is 1. The fourth-order valence-corrected chi connectivity index (χ4v) is 2.64. The number of hydrogen-bond acceptors (Lipinski definition) is 4. The molecule has 1 aliphatic heterocycles. The molecule has 124 valence electrons. The minimum atomic E-state index is -0.605. The van der Waals surface area contributed by atoms with Gasteiger partial charge in [0.05, 0.1) is 12.8 Å². The Bertz CT molecular complexity index is 753. The lowest BCUT2D eigenvalue weighted by atomic mass is 10.0. The molecule has 0 fully saturated rings. The van der Waals surface area contributed by atoms with Crippen LogP contribution in [0.5, 0.6) is 5.75 Å². The maximum Gasteiger partial charge on any atom is 0.268 e. The topological polar surface area (TPSA) is 59.9 Å². The molecule has 1 N–H and O–H groups in total. The summed E-state index contributed by atoms with van der Waals surface area (Å²) in [5, 5.41) is 7.00. The Kier molecular flexibility index (Phi) is 4.79. The van der Waals surface area contributed by atoms with Crippen molar-refractivity contribution in [3.63, 3.8) is 0 Å². The van der Waals surface area contributed by atoms with Gasteiger partial charge in [0.2, 0.25) is 6.10 Å². The summed E-state index contributed by atoms with van der Waals surface area (Å²) in [6.45, 7) is 2.06. The molecular formula is C19H20N2O3. The number of nitrogens with one attached hydrogen (secondary N) is 1. The Hall–Kier alpha value is -2.82. The van der Waals surface area contributed by atoms with Crippen molar-refractivity contribution in [2.75, 3.05) is 12.4 Å². The van der Waals surface area contributed by atoms with Gasteiger partial charge in [-0.25, -0.2) is 0 Å². The number of carbonyl (C=O) groups is 1. The Morgan fingerprint density at radius 3 is 2.71 bits per heavy atom. The van der Waals surface area contributed by atoms with Crippen molar-refractivity contribution in [3.8, 4) is 5.75 Å². The van der Waals surface area contributed by atoms with E-state index < -0.39 is 6.10 Å². The maximum atomic E-state index is 12.4. The average Bonchev–Trinajstić information content (AvgIpc) is 3.12. The van der Waals surface area contributed by atoms with Crippen LogP contribution in [-0.2, 0) is 16.1 Å². The Balaban J connectivity index is 1.64. The van der Waals surface area contributed by atoms with Crippen molar-refractivity contribution in [1.29, 1.82) is 0 Å². The number of oxime groups is 1. The highest BCUT2D eigenvalue weighted by Gasteiger charge is 2.29. The first-order valence-electron chi connectivity index (χ1n) is 7.97.